The molecular weight excluding hydrogens is 206 g/mol. The average Bonchev–Trinajstić information content (AvgIpc) is 2.15. The Morgan fingerprint density at radius 3 is 2.36 bits per heavy atom. The highest BCUT2D eigenvalue weighted by molar-refractivity contribution is 7.80. The Hall–Kier alpha value is -1.23. The number of rotatable bonds is 4. The van der Waals surface area contributed by atoms with Crippen LogP contribution in [0, 0.1) is 0 Å². The highest BCUT2D eigenvalue weighted by Crippen LogP contribution is 2.09. The predicted octanol–water partition coefficient (Wildman–Crippen LogP) is 2.00. The molecule has 0 spiro atoms. The van der Waals surface area contributed by atoms with Crippen LogP contribution in [-0.2, 0) is 0 Å². The van der Waals surface area contributed by atoms with Crippen molar-refractivity contribution in [3.8, 4) is 0 Å². The van der Waals surface area contributed by atoms with Crippen molar-refractivity contribution in [3.63, 3.8) is 0 Å². The molecule has 0 unspecified atom stereocenters. The van der Waals surface area contributed by atoms with Gasteiger partial charge in [-0.25, -0.2) is 8.78 Å². The van der Waals surface area contributed by atoms with Gasteiger partial charge in [0, 0.05) is 11.3 Å². The summed E-state index contributed by atoms with van der Waals surface area (Å²) >= 11 is 4.75. The molecule has 0 aliphatic carbocycles. The van der Waals surface area contributed by atoms with Gasteiger partial charge >= 0.3 is 0 Å². The summed E-state index contributed by atoms with van der Waals surface area (Å²) in [5, 5.41) is 2.58. The van der Waals surface area contributed by atoms with Gasteiger partial charge in [0.15, 0.2) is 0 Å². The molecule has 0 radical (unpaired) electrons. The number of hydrogen-bond acceptors (Lipinski definition) is 2. The summed E-state index contributed by atoms with van der Waals surface area (Å²) in [6.07, 6.45) is -2.36. The van der Waals surface area contributed by atoms with Gasteiger partial charge in [-0.3, -0.25) is 0 Å². The van der Waals surface area contributed by atoms with Crippen LogP contribution in [0.4, 0.5) is 14.5 Å². The molecule has 0 aliphatic rings. The SMILES string of the molecule is NC(=S)c1ccc(NCC(F)F)cc1. The lowest BCUT2D eigenvalue weighted by Gasteiger charge is -2.05. The van der Waals surface area contributed by atoms with Crippen molar-refractivity contribution in [2.24, 2.45) is 5.73 Å². The van der Waals surface area contributed by atoms with E-state index in [9.17, 15) is 8.78 Å². The molecule has 5 heteroatoms. The number of nitrogens with two attached hydrogens (primary N) is 1. The lowest BCUT2D eigenvalue weighted by Crippen LogP contribution is -2.11. The Bertz CT molecular complexity index is 311. The normalized spacial score (nSPS) is 10.2. The average molecular weight is 216 g/mol. The zero-order valence-electron chi connectivity index (χ0n) is 7.34. The molecule has 0 bridgehead atoms. The summed E-state index contributed by atoms with van der Waals surface area (Å²) in [5.41, 5.74) is 6.73. The first-order chi connectivity index (χ1) is 6.59. The van der Waals surface area contributed by atoms with Gasteiger partial charge < -0.3 is 11.1 Å². The number of benzene rings is 1. The molecule has 0 amide bonds. The molecule has 0 saturated heterocycles. The van der Waals surface area contributed by atoms with Gasteiger partial charge in [0.05, 0.1) is 6.54 Å². The molecule has 2 nitrogen and oxygen atoms in total. The van der Waals surface area contributed by atoms with Crippen LogP contribution in [0.15, 0.2) is 24.3 Å². The van der Waals surface area contributed by atoms with E-state index in [4.69, 9.17) is 18.0 Å². The third kappa shape index (κ3) is 3.26. The molecule has 0 aliphatic heterocycles. The Morgan fingerprint density at radius 1 is 1.36 bits per heavy atom. The van der Waals surface area contributed by atoms with Crippen molar-refractivity contribution >= 4 is 22.9 Å². The predicted molar refractivity (Wildman–Crippen MR) is 56.8 cm³/mol. The first-order valence-corrected chi connectivity index (χ1v) is 4.42. The zero-order valence-corrected chi connectivity index (χ0v) is 8.15. The number of hydrogen-bond donors (Lipinski definition) is 2. The van der Waals surface area contributed by atoms with Gasteiger partial charge in [-0.1, -0.05) is 12.2 Å². The lowest BCUT2D eigenvalue weighted by atomic mass is 10.2. The molecule has 1 aromatic rings. The quantitative estimate of drug-likeness (QED) is 0.756. The topological polar surface area (TPSA) is 38.0 Å². The molecule has 3 N–H and O–H groups in total. The van der Waals surface area contributed by atoms with Crippen LogP contribution >= 0.6 is 12.2 Å². The van der Waals surface area contributed by atoms with Crippen LogP contribution in [0.5, 0.6) is 0 Å². The van der Waals surface area contributed by atoms with E-state index in [-0.39, 0.29) is 6.54 Å². The van der Waals surface area contributed by atoms with E-state index in [1.807, 2.05) is 0 Å². The van der Waals surface area contributed by atoms with Crippen molar-refractivity contribution in [3.05, 3.63) is 29.8 Å². The standard InChI is InChI=1S/C9H10F2N2S/c10-8(11)5-13-7-3-1-6(2-4-7)9(12)14/h1-4,8,13H,5H2,(H2,12,14). The van der Waals surface area contributed by atoms with Gasteiger partial charge in [-0.2, -0.15) is 0 Å². The minimum Gasteiger partial charge on any atom is -0.389 e. The summed E-state index contributed by atoms with van der Waals surface area (Å²) in [4.78, 5) is 0.297. The van der Waals surface area contributed by atoms with E-state index < -0.39 is 6.43 Å². The maximum absolute atomic E-state index is 11.8. The number of nitrogens with one attached hydrogen (secondary N) is 1. The Balaban J connectivity index is 2.60. The number of anilines is 1. The third-order valence-corrected chi connectivity index (χ3v) is 1.87. The van der Waals surface area contributed by atoms with Crippen LogP contribution in [0.1, 0.15) is 5.56 Å². The maximum atomic E-state index is 11.8. The van der Waals surface area contributed by atoms with Crippen molar-refractivity contribution in [1.82, 2.24) is 0 Å². The number of thiocarbonyl (C=S) groups is 1. The fourth-order valence-corrected chi connectivity index (χ4v) is 1.08. The van der Waals surface area contributed by atoms with Crippen molar-refractivity contribution in [2.45, 2.75) is 6.43 Å². The summed E-state index contributed by atoms with van der Waals surface area (Å²) in [7, 11) is 0. The van der Waals surface area contributed by atoms with E-state index in [0.29, 0.717) is 10.7 Å². The van der Waals surface area contributed by atoms with Crippen LogP contribution in [-0.4, -0.2) is 18.0 Å². The second-order valence-electron chi connectivity index (χ2n) is 2.71. The van der Waals surface area contributed by atoms with E-state index in [2.05, 4.69) is 5.32 Å². The summed E-state index contributed by atoms with van der Waals surface area (Å²) in [6.45, 7) is -0.355. The largest absolute Gasteiger partial charge is 0.389 e. The molecule has 14 heavy (non-hydrogen) atoms. The maximum Gasteiger partial charge on any atom is 0.255 e. The lowest BCUT2D eigenvalue weighted by molar-refractivity contribution is 0.163. The molecule has 0 heterocycles. The molecule has 1 aromatic carbocycles. The minimum atomic E-state index is -2.36. The van der Waals surface area contributed by atoms with Gasteiger partial charge in [0.25, 0.3) is 6.43 Å². The number of alkyl halides is 2. The Morgan fingerprint density at radius 2 is 1.93 bits per heavy atom. The van der Waals surface area contributed by atoms with Crippen LogP contribution in [0.3, 0.4) is 0 Å². The van der Waals surface area contributed by atoms with Crippen molar-refractivity contribution < 1.29 is 8.78 Å². The second kappa shape index (κ2) is 4.85. The van der Waals surface area contributed by atoms with Crippen molar-refractivity contribution in [2.75, 3.05) is 11.9 Å². The molecular formula is C9H10F2N2S. The Kier molecular flexibility index (Phi) is 3.76. The molecule has 0 saturated carbocycles. The fraction of sp³-hybridized carbons (Fsp3) is 0.222. The van der Waals surface area contributed by atoms with Gasteiger partial charge in [-0.15, -0.1) is 0 Å². The van der Waals surface area contributed by atoms with Gasteiger partial charge in [-0.05, 0) is 24.3 Å². The summed E-state index contributed by atoms with van der Waals surface area (Å²) in [6, 6.07) is 6.71. The summed E-state index contributed by atoms with van der Waals surface area (Å²) < 4.78 is 23.6. The van der Waals surface area contributed by atoms with Gasteiger partial charge in [0.2, 0.25) is 0 Å². The van der Waals surface area contributed by atoms with Crippen molar-refractivity contribution in [1.29, 1.82) is 0 Å². The van der Waals surface area contributed by atoms with E-state index in [1.54, 1.807) is 24.3 Å². The highest BCUT2D eigenvalue weighted by Gasteiger charge is 2.01. The third-order valence-electron chi connectivity index (χ3n) is 1.63. The van der Waals surface area contributed by atoms with Crippen LogP contribution in [0.2, 0.25) is 0 Å². The van der Waals surface area contributed by atoms with Crippen LogP contribution < -0.4 is 11.1 Å². The first-order valence-electron chi connectivity index (χ1n) is 4.01. The van der Waals surface area contributed by atoms with Gasteiger partial charge in [0.1, 0.15) is 4.99 Å². The number of halogens is 2. The van der Waals surface area contributed by atoms with E-state index in [1.165, 1.54) is 0 Å². The monoisotopic (exact) mass is 216 g/mol. The second-order valence-corrected chi connectivity index (χ2v) is 3.15. The molecule has 76 valence electrons. The zero-order chi connectivity index (χ0) is 10.6. The molecule has 0 fully saturated rings. The van der Waals surface area contributed by atoms with Crippen LogP contribution in [0.25, 0.3) is 0 Å². The molecule has 1 rings (SSSR count). The smallest absolute Gasteiger partial charge is 0.255 e. The van der Waals surface area contributed by atoms with E-state index >= 15 is 0 Å². The van der Waals surface area contributed by atoms with E-state index in [0.717, 1.165) is 5.56 Å². The fourth-order valence-electron chi connectivity index (χ4n) is 0.947. The molecule has 0 aromatic heterocycles. The Labute approximate surface area is 86.1 Å². The minimum absolute atomic E-state index is 0.297. The first kappa shape index (κ1) is 10.8. The highest BCUT2D eigenvalue weighted by atomic mass is 32.1. The summed E-state index contributed by atoms with van der Waals surface area (Å²) in [5.74, 6) is 0. The molecule has 0 atom stereocenters.